The molecule has 0 amide bonds. The van der Waals surface area contributed by atoms with Gasteiger partial charge in [0.1, 0.15) is 5.57 Å². The fourth-order valence-corrected chi connectivity index (χ4v) is 5.81. The Morgan fingerprint density at radius 2 is 1.83 bits per heavy atom. The lowest BCUT2D eigenvalue weighted by atomic mass is 10.1. The summed E-state index contributed by atoms with van der Waals surface area (Å²) < 4.78 is 46.2. The van der Waals surface area contributed by atoms with Gasteiger partial charge in [-0.1, -0.05) is 0 Å². The largest absolute Gasteiger partial charge is 0.420 e. The van der Waals surface area contributed by atoms with Crippen molar-refractivity contribution in [2.24, 2.45) is 12.0 Å². The molecule has 0 spiro atoms. The normalized spacial score (nSPS) is 16.2. The highest BCUT2D eigenvalue weighted by Gasteiger charge is 2.39. The van der Waals surface area contributed by atoms with Crippen molar-refractivity contribution in [3.8, 4) is 0 Å². The van der Waals surface area contributed by atoms with E-state index in [4.69, 9.17) is 0 Å². The molecule has 2 nitrogen and oxygen atoms in total. The van der Waals surface area contributed by atoms with Crippen molar-refractivity contribution in [2.75, 3.05) is 0 Å². The highest BCUT2D eigenvalue weighted by atomic mass is 79.9. The zero-order chi connectivity index (χ0) is 17.2. The van der Waals surface area contributed by atoms with Crippen LogP contribution in [0.25, 0.3) is 21.9 Å². The van der Waals surface area contributed by atoms with E-state index in [2.05, 4.69) is 36.9 Å². The Morgan fingerprint density at radius 3 is 2.46 bits per heavy atom. The maximum Gasteiger partial charge on any atom is 0.420 e. The third-order valence-electron chi connectivity index (χ3n) is 3.72. The maximum atomic E-state index is 13.8. The van der Waals surface area contributed by atoms with Gasteiger partial charge in [-0.3, -0.25) is 0 Å². The highest BCUT2D eigenvalue weighted by Crippen LogP contribution is 2.41. The van der Waals surface area contributed by atoms with Crippen molar-refractivity contribution < 1.29 is 13.2 Å². The lowest BCUT2D eigenvalue weighted by molar-refractivity contribution is -0.0696. The summed E-state index contributed by atoms with van der Waals surface area (Å²) in [7, 11) is 1.64. The number of nitrogens with zero attached hydrogens (tertiary/aromatic N) is 2. The van der Waals surface area contributed by atoms with E-state index in [0.717, 1.165) is 22.3 Å². The van der Waals surface area contributed by atoms with Crippen molar-refractivity contribution in [2.45, 2.75) is 6.18 Å². The highest BCUT2D eigenvalue weighted by molar-refractivity contribution is 9.11. The summed E-state index contributed by atoms with van der Waals surface area (Å²) >= 11 is 9.48. The second kappa shape index (κ2) is 5.55. The quantitative estimate of drug-likeness (QED) is 0.440. The van der Waals surface area contributed by atoms with E-state index in [1.807, 2.05) is 6.07 Å². The average Bonchev–Trinajstić information content (AvgIpc) is 3.13. The van der Waals surface area contributed by atoms with Crippen LogP contribution in [0.2, 0.25) is 0 Å². The van der Waals surface area contributed by atoms with Gasteiger partial charge in [0.25, 0.3) is 0 Å². The Balaban J connectivity index is 2.00. The summed E-state index contributed by atoms with van der Waals surface area (Å²) in [5, 5.41) is 0.572. The minimum atomic E-state index is -4.49. The average molecular weight is 496 g/mol. The third kappa shape index (κ3) is 2.61. The molecule has 1 aliphatic rings. The van der Waals surface area contributed by atoms with Crippen LogP contribution in [-0.4, -0.2) is 10.7 Å². The number of hydrogen-bond acceptors (Lipinski definition) is 3. The number of thiophene rings is 2. The first-order valence-corrected chi connectivity index (χ1v) is 9.88. The molecule has 4 rings (SSSR count). The van der Waals surface area contributed by atoms with Gasteiger partial charge in [0.2, 0.25) is 0 Å². The first-order chi connectivity index (χ1) is 11.2. The number of aromatic nitrogens is 1. The zero-order valence-electron chi connectivity index (χ0n) is 11.9. The molecule has 0 bridgehead atoms. The molecule has 0 radical (unpaired) electrons. The standard InChI is InChI=1S/C15H7Br2F3N2S2/c1-22-8-5-13(17)24-11(8)4-9(22)14(15(18,19)20)7-2-10-6(21-7)3-12(16)23-10/h2-5H,1H3/b14-7+. The van der Waals surface area contributed by atoms with Gasteiger partial charge in [-0.25, -0.2) is 4.99 Å². The van der Waals surface area contributed by atoms with Crippen LogP contribution >= 0.6 is 54.5 Å². The summed E-state index contributed by atoms with van der Waals surface area (Å²) in [5.74, 6) is 0. The summed E-state index contributed by atoms with van der Waals surface area (Å²) in [6.07, 6.45) is -2.99. The second-order valence-corrected chi connectivity index (χ2v) is 10.1. The molecule has 0 aromatic carbocycles. The Hall–Kier alpha value is -0.900. The first-order valence-electron chi connectivity index (χ1n) is 6.66. The lowest BCUT2D eigenvalue weighted by Gasteiger charge is -2.14. The summed E-state index contributed by atoms with van der Waals surface area (Å²) in [6.45, 7) is 0. The van der Waals surface area contributed by atoms with Gasteiger partial charge in [-0.15, -0.1) is 22.7 Å². The molecule has 0 atom stereocenters. The van der Waals surface area contributed by atoms with Crippen molar-refractivity contribution in [3.63, 3.8) is 0 Å². The number of allylic oxidation sites excluding steroid dienone is 2. The third-order valence-corrected chi connectivity index (χ3v) is 6.86. The van der Waals surface area contributed by atoms with Crippen molar-refractivity contribution in [1.82, 2.24) is 4.57 Å². The predicted octanol–water partition coefficient (Wildman–Crippen LogP) is 5.21. The molecule has 1 aliphatic heterocycles. The molecule has 0 fully saturated rings. The first kappa shape index (κ1) is 16.6. The fraction of sp³-hybridized carbons (Fsp3) is 0.133. The van der Waals surface area contributed by atoms with Crippen LogP contribution < -0.4 is 9.89 Å². The van der Waals surface area contributed by atoms with E-state index >= 15 is 0 Å². The number of alkyl halides is 3. The van der Waals surface area contributed by atoms with Crippen LogP contribution in [0.3, 0.4) is 0 Å². The molecule has 24 heavy (non-hydrogen) atoms. The van der Waals surface area contributed by atoms with Crippen LogP contribution in [0.4, 0.5) is 13.2 Å². The van der Waals surface area contributed by atoms with Crippen molar-refractivity contribution >= 4 is 76.4 Å². The van der Waals surface area contributed by atoms with Crippen LogP contribution in [0.5, 0.6) is 0 Å². The Labute approximate surface area is 158 Å². The molecule has 0 N–H and O–H groups in total. The van der Waals surface area contributed by atoms with E-state index in [0.29, 0.717) is 5.36 Å². The fourth-order valence-electron chi connectivity index (χ4n) is 2.71. The SMILES string of the molecule is Cn1c(/C(=C2/C=c3sc(Br)cc3=N2)C(F)(F)F)cc2sc(Br)cc21. The Morgan fingerprint density at radius 1 is 1.12 bits per heavy atom. The smallest absolute Gasteiger partial charge is 0.343 e. The van der Waals surface area contributed by atoms with E-state index < -0.39 is 11.7 Å². The minimum Gasteiger partial charge on any atom is -0.343 e. The van der Waals surface area contributed by atoms with E-state index in [1.54, 1.807) is 23.7 Å². The molecule has 0 saturated heterocycles. The summed E-state index contributed by atoms with van der Waals surface area (Å²) in [6, 6.07) is 5.13. The minimum absolute atomic E-state index is 0.0384. The lowest BCUT2D eigenvalue weighted by Crippen LogP contribution is -2.15. The Kier molecular flexibility index (Phi) is 3.83. The molecule has 0 saturated carbocycles. The number of hydrogen-bond donors (Lipinski definition) is 0. The zero-order valence-corrected chi connectivity index (χ0v) is 16.7. The molecular weight excluding hydrogens is 489 g/mol. The van der Waals surface area contributed by atoms with Gasteiger partial charge in [-0.2, -0.15) is 13.2 Å². The molecule has 3 aromatic rings. The molecule has 0 aliphatic carbocycles. The molecule has 124 valence electrons. The van der Waals surface area contributed by atoms with E-state index in [9.17, 15) is 13.2 Å². The van der Waals surface area contributed by atoms with Crippen LogP contribution in [0, 0.1) is 0 Å². The predicted molar refractivity (Wildman–Crippen MR) is 98.7 cm³/mol. The van der Waals surface area contributed by atoms with Crippen molar-refractivity contribution in [1.29, 1.82) is 0 Å². The number of aryl methyl sites for hydroxylation is 1. The van der Waals surface area contributed by atoms with E-state index in [-0.39, 0.29) is 11.4 Å². The maximum absolute atomic E-state index is 13.8. The van der Waals surface area contributed by atoms with Crippen LogP contribution in [0.1, 0.15) is 5.69 Å². The molecular formula is C15H7Br2F3N2S2. The van der Waals surface area contributed by atoms with E-state index in [1.165, 1.54) is 28.7 Å². The van der Waals surface area contributed by atoms with Crippen molar-refractivity contribution in [3.05, 3.63) is 47.1 Å². The molecule has 9 heteroatoms. The van der Waals surface area contributed by atoms with Gasteiger partial charge in [0.05, 0.1) is 39.1 Å². The number of rotatable bonds is 1. The molecule has 4 heterocycles. The van der Waals surface area contributed by atoms with Gasteiger partial charge < -0.3 is 4.57 Å². The monoisotopic (exact) mass is 494 g/mol. The van der Waals surface area contributed by atoms with Gasteiger partial charge in [0.15, 0.2) is 0 Å². The van der Waals surface area contributed by atoms with Crippen LogP contribution in [0.15, 0.2) is 36.5 Å². The Bertz CT molecular complexity index is 1100. The molecule has 3 aromatic heterocycles. The summed E-state index contributed by atoms with van der Waals surface area (Å²) in [5.41, 5.74) is 0.146. The molecule has 0 unspecified atom stereocenters. The summed E-state index contributed by atoms with van der Waals surface area (Å²) in [4.78, 5) is 4.19. The van der Waals surface area contributed by atoms with Gasteiger partial charge in [-0.05, 0) is 56.1 Å². The second-order valence-electron chi connectivity index (χ2n) is 5.20. The number of halogens is 5. The number of fused-ring (bicyclic) bond motifs is 2. The van der Waals surface area contributed by atoms with Gasteiger partial charge in [0, 0.05) is 7.05 Å². The van der Waals surface area contributed by atoms with Crippen LogP contribution in [-0.2, 0) is 7.05 Å². The van der Waals surface area contributed by atoms with Gasteiger partial charge >= 0.3 is 6.18 Å². The topological polar surface area (TPSA) is 17.3 Å².